The van der Waals surface area contributed by atoms with Crippen LogP contribution < -0.4 is 10.1 Å². The number of benzene rings is 1. The molecule has 1 rings (SSSR count). The van der Waals surface area contributed by atoms with E-state index in [2.05, 4.69) is 5.32 Å². The van der Waals surface area contributed by atoms with Gasteiger partial charge in [0.1, 0.15) is 5.69 Å². The molecule has 6 heteroatoms. The Balaban J connectivity index is 2.86. The van der Waals surface area contributed by atoms with E-state index in [-0.39, 0.29) is 17.5 Å². The largest absolute Gasteiger partial charge is 0.484 e. The predicted molar refractivity (Wildman–Crippen MR) is 78.3 cm³/mol. The summed E-state index contributed by atoms with van der Waals surface area (Å²) in [6.07, 6.45) is 0.686. The molecular formula is C14H22N2O4. The van der Waals surface area contributed by atoms with Gasteiger partial charge in [0.15, 0.2) is 5.75 Å². The summed E-state index contributed by atoms with van der Waals surface area (Å²) in [5.74, 6) is 0.256. The number of hydrogen-bond donors (Lipinski definition) is 2. The van der Waals surface area contributed by atoms with Crippen molar-refractivity contribution in [2.24, 2.45) is 0 Å². The highest BCUT2D eigenvalue weighted by Crippen LogP contribution is 2.35. The fourth-order valence-electron chi connectivity index (χ4n) is 1.78. The number of rotatable bonds is 8. The monoisotopic (exact) mass is 282 g/mol. The van der Waals surface area contributed by atoms with Crippen LogP contribution in [0.1, 0.15) is 33.6 Å². The predicted octanol–water partition coefficient (Wildman–Crippen LogP) is 2.95. The number of para-hydroxylation sites is 1. The molecule has 0 bridgehead atoms. The lowest BCUT2D eigenvalue weighted by Crippen LogP contribution is -2.14. The fourth-order valence-corrected chi connectivity index (χ4v) is 1.78. The zero-order chi connectivity index (χ0) is 15.1. The van der Waals surface area contributed by atoms with E-state index in [1.54, 1.807) is 18.2 Å². The Labute approximate surface area is 118 Å². The quantitative estimate of drug-likeness (QED) is 0.565. The average molecular weight is 282 g/mol. The number of nitro groups is 1. The minimum absolute atomic E-state index is 0.0628. The van der Waals surface area contributed by atoms with Crippen LogP contribution in [0.5, 0.6) is 5.75 Å². The van der Waals surface area contributed by atoms with E-state index in [0.717, 1.165) is 0 Å². The van der Waals surface area contributed by atoms with Gasteiger partial charge in [0, 0.05) is 6.54 Å². The molecule has 0 saturated carbocycles. The molecule has 0 fully saturated rings. The van der Waals surface area contributed by atoms with Gasteiger partial charge in [-0.3, -0.25) is 10.1 Å². The van der Waals surface area contributed by atoms with Crippen molar-refractivity contribution in [3.8, 4) is 5.75 Å². The number of aliphatic hydroxyl groups excluding tert-OH is 1. The molecule has 1 unspecified atom stereocenters. The van der Waals surface area contributed by atoms with Crippen LogP contribution >= 0.6 is 0 Å². The Morgan fingerprint density at radius 1 is 1.45 bits per heavy atom. The van der Waals surface area contributed by atoms with Crippen LogP contribution in [0.25, 0.3) is 0 Å². The second-order valence-corrected chi connectivity index (χ2v) is 4.85. The van der Waals surface area contributed by atoms with Crippen LogP contribution in [0.15, 0.2) is 18.2 Å². The number of hydrogen-bond acceptors (Lipinski definition) is 5. The highest BCUT2D eigenvalue weighted by Gasteiger charge is 2.21. The topological polar surface area (TPSA) is 84.6 Å². The van der Waals surface area contributed by atoms with Crippen LogP contribution in [0.2, 0.25) is 0 Å². The minimum atomic E-state index is -0.448. The summed E-state index contributed by atoms with van der Waals surface area (Å²) < 4.78 is 5.46. The maximum absolute atomic E-state index is 11.2. The zero-order valence-electron chi connectivity index (χ0n) is 12.1. The lowest BCUT2D eigenvalue weighted by Gasteiger charge is -2.14. The fraction of sp³-hybridized carbons (Fsp3) is 0.571. The van der Waals surface area contributed by atoms with Gasteiger partial charge in [-0.1, -0.05) is 13.0 Å². The van der Waals surface area contributed by atoms with Crippen LogP contribution in [0.3, 0.4) is 0 Å². The molecule has 0 radical (unpaired) electrons. The first-order valence-corrected chi connectivity index (χ1v) is 6.81. The molecule has 0 aliphatic carbocycles. The van der Waals surface area contributed by atoms with E-state index < -0.39 is 11.0 Å². The Bertz CT molecular complexity index is 449. The van der Waals surface area contributed by atoms with Gasteiger partial charge in [-0.2, -0.15) is 0 Å². The first-order valence-electron chi connectivity index (χ1n) is 6.81. The summed E-state index contributed by atoms with van der Waals surface area (Å²) >= 11 is 0. The number of nitrogens with zero attached hydrogens (tertiary/aromatic N) is 1. The molecule has 1 aromatic carbocycles. The normalized spacial score (nSPS) is 12.2. The summed E-state index contributed by atoms with van der Waals surface area (Å²) in [6, 6.07) is 4.94. The maximum Gasteiger partial charge on any atom is 0.333 e. The van der Waals surface area contributed by atoms with E-state index in [4.69, 9.17) is 4.74 Å². The van der Waals surface area contributed by atoms with Crippen molar-refractivity contribution in [2.45, 2.75) is 45.8 Å². The molecule has 0 aliphatic rings. The number of nitrogens with one attached hydrogen (secondary N) is 1. The Hall–Kier alpha value is -1.82. The van der Waals surface area contributed by atoms with E-state index in [1.165, 1.54) is 0 Å². The van der Waals surface area contributed by atoms with Gasteiger partial charge >= 0.3 is 5.69 Å². The van der Waals surface area contributed by atoms with Gasteiger partial charge in [-0.15, -0.1) is 0 Å². The summed E-state index contributed by atoms with van der Waals surface area (Å²) in [5, 5.41) is 23.7. The first-order chi connectivity index (χ1) is 9.45. The van der Waals surface area contributed by atoms with Crippen molar-refractivity contribution < 1.29 is 14.8 Å². The highest BCUT2D eigenvalue weighted by atomic mass is 16.6. The van der Waals surface area contributed by atoms with Gasteiger partial charge in [-0.25, -0.2) is 0 Å². The molecule has 1 aromatic rings. The van der Waals surface area contributed by atoms with Crippen molar-refractivity contribution in [3.05, 3.63) is 28.3 Å². The second kappa shape index (κ2) is 7.69. The van der Waals surface area contributed by atoms with Crippen LogP contribution in [0.4, 0.5) is 11.4 Å². The lowest BCUT2D eigenvalue weighted by atomic mass is 10.2. The van der Waals surface area contributed by atoms with Crippen molar-refractivity contribution in [3.63, 3.8) is 0 Å². The summed E-state index contributed by atoms with van der Waals surface area (Å²) in [6.45, 7) is 6.01. The van der Waals surface area contributed by atoms with Crippen LogP contribution in [-0.2, 0) is 0 Å². The molecule has 0 saturated heterocycles. The van der Waals surface area contributed by atoms with E-state index in [1.807, 2.05) is 20.8 Å². The molecule has 2 N–H and O–H groups in total. The Morgan fingerprint density at radius 2 is 2.15 bits per heavy atom. The van der Waals surface area contributed by atoms with Gasteiger partial charge in [0.2, 0.25) is 0 Å². The SMILES string of the molecule is CCC(O)CCNc1cccc(OC(C)C)c1[N+](=O)[O-]. The molecule has 0 aromatic heterocycles. The third-order valence-corrected chi connectivity index (χ3v) is 2.81. The van der Waals surface area contributed by atoms with E-state index in [0.29, 0.717) is 25.1 Å². The molecule has 0 heterocycles. The van der Waals surface area contributed by atoms with E-state index in [9.17, 15) is 15.2 Å². The number of nitro benzene ring substituents is 1. The highest BCUT2D eigenvalue weighted by molar-refractivity contribution is 5.68. The standard InChI is InChI=1S/C14H22N2O4/c1-4-11(17)8-9-15-12-6-5-7-13(20-10(2)3)14(12)16(18)19/h5-7,10-11,15,17H,4,8-9H2,1-3H3. The lowest BCUT2D eigenvalue weighted by molar-refractivity contribution is -0.385. The molecule has 20 heavy (non-hydrogen) atoms. The molecular weight excluding hydrogens is 260 g/mol. The molecule has 112 valence electrons. The van der Waals surface area contributed by atoms with Gasteiger partial charge in [0.25, 0.3) is 0 Å². The van der Waals surface area contributed by atoms with Gasteiger partial charge in [-0.05, 0) is 38.8 Å². The number of aliphatic hydroxyl groups is 1. The summed E-state index contributed by atoms with van der Waals surface area (Å²) in [7, 11) is 0. The van der Waals surface area contributed by atoms with Crippen LogP contribution in [0, 0.1) is 10.1 Å². The second-order valence-electron chi connectivity index (χ2n) is 4.85. The number of anilines is 1. The Morgan fingerprint density at radius 3 is 2.70 bits per heavy atom. The maximum atomic E-state index is 11.2. The molecule has 0 spiro atoms. The Kier molecular flexibility index (Phi) is 6.24. The van der Waals surface area contributed by atoms with Crippen LogP contribution in [-0.4, -0.2) is 28.8 Å². The zero-order valence-corrected chi connectivity index (χ0v) is 12.1. The van der Waals surface area contributed by atoms with E-state index >= 15 is 0 Å². The minimum Gasteiger partial charge on any atom is -0.484 e. The van der Waals surface area contributed by atoms with Crippen molar-refractivity contribution >= 4 is 11.4 Å². The third-order valence-electron chi connectivity index (χ3n) is 2.81. The first kappa shape index (κ1) is 16.2. The molecule has 0 aliphatic heterocycles. The molecule has 0 amide bonds. The average Bonchev–Trinajstić information content (AvgIpc) is 2.37. The van der Waals surface area contributed by atoms with Crippen molar-refractivity contribution in [1.82, 2.24) is 0 Å². The van der Waals surface area contributed by atoms with Crippen molar-refractivity contribution in [1.29, 1.82) is 0 Å². The summed E-state index contributed by atoms with van der Waals surface area (Å²) in [5.41, 5.74) is 0.351. The molecule has 1 atom stereocenters. The number of ether oxygens (including phenoxy) is 1. The van der Waals surface area contributed by atoms with Gasteiger partial charge < -0.3 is 15.2 Å². The van der Waals surface area contributed by atoms with Gasteiger partial charge in [0.05, 0.1) is 17.1 Å². The summed E-state index contributed by atoms with van der Waals surface area (Å²) in [4.78, 5) is 10.8. The third kappa shape index (κ3) is 4.70. The van der Waals surface area contributed by atoms with Crippen molar-refractivity contribution in [2.75, 3.05) is 11.9 Å². The smallest absolute Gasteiger partial charge is 0.333 e. The molecule has 6 nitrogen and oxygen atoms in total.